The van der Waals surface area contributed by atoms with E-state index in [2.05, 4.69) is 4.98 Å². The molecule has 2 heterocycles. The average molecular weight is 391 g/mol. The Balaban J connectivity index is 1.52. The SMILES string of the molecule is COC(Cc1ccc2oc(Cc3coc(-c4cccc(C)c4)n3)cc2c1)C(=O)O. The van der Waals surface area contributed by atoms with Crippen molar-refractivity contribution in [3.8, 4) is 11.5 Å². The quantitative estimate of drug-likeness (QED) is 0.494. The van der Waals surface area contributed by atoms with E-state index in [0.29, 0.717) is 18.7 Å². The molecule has 0 saturated heterocycles. The van der Waals surface area contributed by atoms with Crippen LogP contribution in [0.2, 0.25) is 0 Å². The number of benzene rings is 2. The molecule has 4 rings (SSSR count). The molecule has 1 unspecified atom stereocenters. The van der Waals surface area contributed by atoms with Gasteiger partial charge in [0, 0.05) is 24.5 Å². The van der Waals surface area contributed by atoms with E-state index in [4.69, 9.17) is 18.7 Å². The van der Waals surface area contributed by atoms with Crippen LogP contribution in [0.3, 0.4) is 0 Å². The molecule has 0 aliphatic carbocycles. The summed E-state index contributed by atoms with van der Waals surface area (Å²) in [5.41, 5.74) is 4.49. The van der Waals surface area contributed by atoms with Gasteiger partial charge in [-0.3, -0.25) is 0 Å². The van der Waals surface area contributed by atoms with E-state index in [1.807, 2.05) is 55.5 Å². The summed E-state index contributed by atoms with van der Waals surface area (Å²) in [6.07, 6.45) is 1.58. The van der Waals surface area contributed by atoms with Gasteiger partial charge in [-0.2, -0.15) is 0 Å². The van der Waals surface area contributed by atoms with E-state index in [-0.39, 0.29) is 0 Å². The van der Waals surface area contributed by atoms with E-state index in [0.717, 1.165) is 39.1 Å². The third kappa shape index (κ3) is 4.22. The molecule has 2 aromatic carbocycles. The number of rotatable bonds is 7. The van der Waals surface area contributed by atoms with Gasteiger partial charge in [0.1, 0.15) is 17.6 Å². The number of hydrogen-bond donors (Lipinski definition) is 1. The number of carbonyl (C=O) groups is 1. The Bertz CT molecular complexity index is 1160. The highest BCUT2D eigenvalue weighted by Gasteiger charge is 2.17. The van der Waals surface area contributed by atoms with Crippen LogP contribution in [0.25, 0.3) is 22.4 Å². The lowest BCUT2D eigenvalue weighted by atomic mass is 10.1. The van der Waals surface area contributed by atoms with Crippen molar-refractivity contribution in [2.24, 2.45) is 0 Å². The fourth-order valence-electron chi connectivity index (χ4n) is 3.32. The fraction of sp³-hybridized carbons (Fsp3) is 0.217. The van der Waals surface area contributed by atoms with Gasteiger partial charge in [0.2, 0.25) is 5.89 Å². The molecule has 1 N–H and O–H groups in total. The zero-order chi connectivity index (χ0) is 20.4. The highest BCUT2D eigenvalue weighted by atomic mass is 16.5. The molecular formula is C23H21NO5. The van der Waals surface area contributed by atoms with Gasteiger partial charge in [0.25, 0.3) is 0 Å². The normalized spacial score (nSPS) is 12.3. The van der Waals surface area contributed by atoms with Crippen LogP contribution in [0.4, 0.5) is 0 Å². The van der Waals surface area contributed by atoms with E-state index in [1.165, 1.54) is 7.11 Å². The Kier molecular flexibility index (Phi) is 5.18. The number of hydrogen-bond acceptors (Lipinski definition) is 5. The van der Waals surface area contributed by atoms with Gasteiger partial charge in [0.15, 0.2) is 6.10 Å². The van der Waals surface area contributed by atoms with Gasteiger partial charge in [-0.1, -0.05) is 23.8 Å². The van der Waals surface area contributed by atoms with Crippen molar-refractivity contribution in [3.63, 3.8) is 0 Å². The first-order valence-corrected chi connectivity index (χ1v) is 9.30. The van der Waals surface area contributed by atoms with Crippen molar-refractivity contribution in [1.29, 1.82) is 0 Å². The predicted molar refractivity (Wildman–Crippen MR) is 108 cm³/mol. The number of oxazole rings is 1. The van der Waals surface area contributed by atoms with Crippen LogP contribution in [-0.2, 0) is 22.4 Å². The lowest BCUT2D eigenvalue weighted by Gasteiger charge is -2.09. The molecular weight excluding hydrogens is 370 g/mol. The number of ether oxygens (including phenoxy) is 1. The molecule has 4 aromatic rings. The van der Waals surface area contributed by atoms with Crippen molar-refractivity contribution in [2.75, 3.05) is 7.11 Å². The second kappa shape index (κ2) is 7.93. The largest absolute Gasteiger partial charge is 0.479 e. The summed E-state index contributed by atoms with van der Waals surface area (Å²) in [5, 5.41) is 10.1. The monoisotopic (exact) mass is 391 g/mol. The molecule has 0 aliphatic heterocycles. The van der Waals surface area contributed by atoms with Gasteiger partial charge >= 0.3 is 5.97 Å². The number of furan rings is 1. The number of nitrogens with zero attached hydrogens (tertiary/aromatic N) is 1. The predicted octanol–water partition coefficient (Wildman–Crippen LogP) is 4.63. The lowest BCUT2D eigenvalue weighted by Crippen LogP contribution is -2.24. The molecule has 0 bridgehead atoms. The summed E-state index contributed by atoms with van der Waals surface area (Å²) in [4.78, 5) is 15.7. The Morgan fingerprint density at radius 3 is 2.83 bits per heavy atom. The lowest BCUT2D eigenvalue weighted by molar-refractivity contribution is -0.148. The number of carboxylic acids is 1. The van der Waals surface area contributed by atoms with Crippen LogP contribution in [-0.4, -0.2) is 29.3 Å². The zero-order valence-electron chi connectivity index (χ0n) is 16.2. The van der Waals surface area contributed by atoms with Crippen LogP contribution < -0.4 is 0 Å². The second-order valence-corrected chi connectivity index (χ2v) is 7.04. The van der Waals surface area contributed by atoms with Gasteiger partial charge in [-0.25, -0.2) is 9.78 Å². The summed E-state index contributed by atoms with van der Waals surface area (Å²) in [6, 6.07) is 15.6. The molecule has 0 fully saturated rings. The van der Waals surface area contributed by atoms with Crippen molar-refractivity contribution in [3.05, 3.63) is 77.4 Å². The Labute approximate surface area is 167 Å². The maximum Gasteiger partial charge on any atom is 0.333 e. The van der Waals surface area contributed by atoms with Crippen molar-refractivity contribution in [1.82, 2.24) is 4.98 Å². The van der Waals surface area contributed by atoms with Crippen LogP contribution in [0.15, 0.2) is 63.6 Å². The minimum Gasteiger partial charge on any atom is -0.479 e. The van der Waals surface area contributed by atoms with Crippen LogP contribution in [0.1, 0.15) is 22.6 Å². The topological polar surface area (TPSA) is 85.7 Å². The molecule has 148 valence electrons. The van der Waals surface area contributed by atoms with E-state index >= 15 is 0 Å². The first kappa shape index (κ1) is 19.0. The molecule has 0 aliphatic rings. The summed E-state index contributed by atoms with van der Waals surface area (Å²) in [5.74, 6) is 0.375. The Morgan fingerprint density at radius 2 is 2.07 bits per heavy atom. The maximum absolute atomic E-state index is 11.2. The smallest absolute Gasteiger partial charge is 0.333 e. The molecule has 0 radical (unpaired) electrons. The van der Waals surface area contributed by atoms with E-state index in [1.54, 1.807) is 6.26 Å². The third-order valence-corrected chi connectivity index (χ3v) is 4.78. The number of aryl methyl sites for hydroxylation is 1. The highest BCUT2D eigenvalue weighted by Crippen LogP contribution is 2.25. The summed E-state index contributed by atoms with van der Waals surface area (Å²) in [7, 11) is 1.40. The minimum atomic E-state index is -0.976. The molecule has 6 heteroatoms. The van der Waals surface area contributed by atoms with Gasteiger partial charge in [-0.05, 0) is 42.8 Å². The number of carboxylic acid groups (broad SMARTS) is 1. The van der Waals surface area contributed by atoms with Crippen molar-refractivity contribution >= 4 is 16.9 Å². The van der Waals surface area contributed by atoms with Crippen molar-refractivity contribution < 1.29 is 23.5 Å². The first-order valence-electron chi connectivity index (χ1n) is 9.30. The summed E-state index contributed by atoms with van der Waals surface area (Å²) >= 11 is 0. The minimum absolute atomic E-state index is 0.297. The van der Waals surface area contributed by atoms with Crippen molar-refractivity contribution in [2.45, 2.75) is 25.9 Å². The van der Waals surface area contributed by atoms with Crippen LogP contribution in [0.5, 0.6) is 0 Å². The molecule has 0 amide bonds. The number of methoxy groups -OCH3 is 1. The fourth-order valence-corrected chi connectivity index (χ4v) is 3.32. The summed E-state index contributed by atoms with van der Waals surface area (Å²) in [6.45, 7) is 2.03. The highest BCUT2D eigenvalue weighted by molar-refractivity contribution is 5.79. The average Bonchev–Trinajstić information content (AvgIpc) is 3.32. The maximum atomic E-state index is 11.2. The number of fused-ring (bicyclic) bond motifs is 1. The van der Waals surface area contributed by atoms with E-state index in [9.17, 15) is 4.79 Å². The molecule has 0 spiro atoms. The molecule has 0 saturated carbocycles. The Hall–Kier alpha value is -3.38. The molecule has 2 aromatic heterocycles. The Morgan fingerprint density at radius 1 is 1.21 bits per heavy atom. The van der Waals surface area contributed by atoms with Gasteiger partial charge in [-0.15, -0.1) is 0 Å². The summed E-state index contributed by atoms with van der Waals surface area (Å²) < 4.78 is 16.6. The van der Waals surface area contributed by atoms with Crippen LogP contribution >= 0.6 is 0 Å². The zero-order valence-corrected chi connectivity index (χ0v) is 16.2. The first-order chi connectivity index (χ1) is 14.0. The molecule has 29 heavy (non-hydrogen) atoms. The van der Waals surface area contributed by atoms with E-state index < -0.39 is 12.1 Å². The van der Waals surface area contributed by atoms with Gasteiger partial charge in [0.05, 0.1) is 12.1 Å². The van der Waals surface area contributed by atoms with Gasteiger partial charge < -0.3 is 18.7 Å². The van der Waals surface area contributed by atoms with Crippen LogP contribution in [0, 0.1) is 6.92 Å². The standard InChI is InChI=1S/C23H21NO5/c1-14-4-3-5-16(8-14)22-24-18(13-28-22)12-19-11-17-9-15(6-7-20(17)29-19)10-21(27-2)23(25)26/h3-9,11,13,21H,10,12H2,1-2H3,(H,25,26). The molecule has 1 atom stereocenters. The third-order valence-electron chi connectivity index (χ3n) is 4.78. The molecule has 6 nitrogen and oxygen atoms in total. The number of aliphatic carboxylic acids is 1. The second-order valence-electron chi connectivity index (χ2n) is 7.04. The number of aromatic nitrogens is 1.